The van der Waals surface area contributed by atoms with Crippen LogP contribution in [0.25, 0.3) is 0 Å². The summed E-state index contributed by atoms with van der Waals surface area (Å²) in [5.74, 6) is -2.52. The van der Waals surface area contributed by atoms with Gasteiger partial charge in [0, 0.05) is 18.7 Å². The van der Waals surface area contributed by atoms with Crippen LogP contribution < -0.4 is 0 Å². The Morgan fingerprint density at radius 2 is 2.11 bits per heavy atom. The average molecular weight is 332 g/mol. The molecule has 0 aliphatic carbocycles. The highest BCUT2D eigenvalue weighted by Crippen LogP contribution is 2.18. The van der Waals surface area contributed by atoms with Crippen molar-refractivity contribution >= 4 is 27.8 Å². The maximum atomic E-state index is 13.4. The first-order chi connectivity index (χ1) is 8.86. The number of hydrogen-bond donors (Lipinski definition) is 1. The molecular weight excluding hydrogens is 317 g/mol. The number of carbonyl (C=O) groups is 2. The lowest BCUT2D eigenvalue weighted by atomic mass is 10.1. The minimum atomic E-state index is -0.965. The highest BCUT2D eigenvalue weighted by atomic mass is 79.9. The van der Waals surface area contributed by atoms with Gasteiger partial charge in [-0.05, 0) is 41.1 Å². The van der Waals surface area contributed by atoms with Crippen LogP contribution in [0.15, 0.2) is 22.7 Å². The lowest BCUT2D eigenvalue weighted by molar-refractivity contribution is -0.141. The van der Waals surface area contributed by atoms with E-state index in [4.69, 9.17) is 5.11 Å². The molecule has 0 heterocycles. The summed E-state index contributed by atoms with van der Waals surface area (Å²) in [7, 11) is 0. The Balaban J connectivity index is 2.89. The minimum Gasteiger partial charge on any atom is -0.481 e. The molecule has 0 fully saturated rings. The zero-order chi connectivity index (χ0) is 14.6. The number of amides is 1. The fourth-order valence-corrected chi connectivity index (χ4v) is 1.82. The average Bonchev–Trinajstić information content (AvgIpc) is 2.37. The van der Waals surface area contributed by atoms with Crippen molar-refractivity contribution in [1.29, 1.82) is 0 Å². The molecule has 0 saturated carbocycles. The van der Waals surface area contributed by atoms with Crippen LogP contribution in [0.2, 0.25) is 0 Å². The first kappa shape index (κ1) is 15.6. The van der Waals surface area contributed by atoms with E-state index in [0.717, 1.165) is 6.07 Å². The smallest absolute Gasteiger partial charge is 0.308 e. The number of aliphatic carboxylic acids is 1. The van der Waals surface area contributed by atoms with E-state index in [1.54, 1.807) is 6.92 Å². The van der Waals surface area contributed by atoms with Crippen molar-refractivity contribution in [3.63, 3.8) is 0 Å². The fourth-order valence-electron chi connectivity index (χ4n) is 1.58. The summed E-state index contributed by atoms with van der Waals surface area (Å²) < 4.78 is 13.7. The molecule has 0 saturated heterocycles. The van der Waals surface area contributed by atoms with Gasteiger partial charge in [0.25, 0.3) is 5.91 Å². The summed E-state index contributed by atoms with van der Waals surface area (Å²) in [5, 5.41) is 8.86. The normalized spacial score (nSPS) is 12.0. The topological polar surface area (TPSA) is 57.6 Å². The van der Waals surface area contributed by atoms with E-state index in [-0.39, 0.29) is 22.5 Å². The predicted octanol–water partition coefficient (Wildman–Crippen LogP) is 2.77. The quantitative estimate of drug-likeness (QED) is 0.902. The fraction of sp³-hybridized carbons (Fsp3) is 0.385. The second kappa shape index (κ2) is 6.65. The molecule has 0 spiro atoms. The van der Waals surface area contributed by atoms with Crippen molar-refractivity contribution in [3.8, 4) is 0 Å². The lowest BCUT2D eigenvalue weighted by Gasteiger charge is -2.23. The van der Waals surface area contributed by atoms with Crippen molar-refractivity contribution < 1.29 is 19.1 Å². The Labute approximate surface area is 119 Å². The minimum absolute atomic E-state index is 0.0996. The molecule has 1 aromatic carbocycles. The Bertz CT molecular complexity index is 493. The number of carboxylic acid groups (broad SMARTS) is 1. The molecule has 0 radical (unpaired) electrons. The molecule has 0 bridgehead atoms. The van der Waals surface area contributed by atoms with Crippen LogP contribution in [0, 0.1) is 11.7 Å². The van der Waals surface area contributed by atoms with E-state index in [1.165, 1.54) is 24.0 Å². The van der Waals surface area contributed by atoms with Gasteiger partial charge in [0.1, 0.15) is 5.82 Å². The van der Waals surface area contributed by atoms with E-state index in [9.17, 15) is 14.0 Å². The van der Waals surface area contributed by atoms with Crippen LogP contribution in [0.4, 0.5) is 4.39 Å². The Hall–Kier alpha value is -1.43. The zero-order valence-corrected chi connectivity index (χ0v) is 12.3. The largest absolute Gasteiger partial charge is 0.481 e. The second-order valence-corrected chi connectivity index (χ2v) is 5.07. The molecule has 1 aromatic rings. The summed E-state index contributed by atoms with van der Waals surface area (Å²) in [6.07, 6.45) is 0. The van der Waals surface area contributed by atoms with E-state index in [0.29, 0.717) is 6.54 Å². The SMILES string of the molecule is CCN(CC(C)C(=O)O)C(=O)c1ccc(Br)c(F)c1. The van der Waals surface area contributed by atoms with Crippen LogP contribution in [0.3, 0.4) is 0 Å². The van der Waals surface area contributed by atoms with E-state index in [2.05, 4.69) is 15.9 Å². The summed E-state index contributed by atoms with van der Waals surface area (Å²) in [6.45, 7) is 3.75. The van der Waals surface area contributed by atoms with Gasteiger partial charge in [-0.2, -0.15) is 0 Å². The molecule has 4 nitrogen and oxygen atoms in total. The molecule has 19 heavy (non-hydrogen) atoms. The van der Waals surface area contributed by atoms with Crippen LogP contribution >= 0.6 is 15.9 Å². The van der Waals surface area contributed by atoms with Crippen LogP contribution in [0.1, 0.15) is 24.2 Å². The monoisotopic (exact) mass is 331 g/mol. The van der Waals surface area contributed by atoms with E-state index in [1.807, 2.05) is 0 Å². The highest BCUT2D eigenvalue weighted by Gasteiger charge is 2.21. The molecule has 0 aromatic heterocycles. The predicted molar refractivity (Wildman–Crippen MR) is 72.5 cm³/mol. The number of benzene rings is 1. The third-order valence-electron chi connectivity index (χ3n) is 2.75. The number of rotatable bonds is 5. The molecule has 0 aliphatic heterocycles. The number of nitrogens with zero attached hydrogens (tertiary/aromatic N) is 1. The van der Waals surface area contributed by atoms with Crippen LogP contribution in [-0.4, -0.2) is 35.0 Å². The van der Waals surface area contributed by atoms with Gasteiger partial charge < -0.3 is 10.0 Å². The van der Waals surface area contributed by atoms with Gasteiger partial charge in [-0.25, -0.2) is 4.39 Å². The van der Waals surface area contributed by atoms with Gasteiger partial charge in [0.05, 0.1) is 10.4 Å². The van der Waals surface area contributed by atoms with Crippen LogP contribution in [0.5, 0.6) is 0 Å². The molecule has 104 valence electrons. The number of carbonyl (C=O) groups excluding carboxylic acids is 1. The first-order valence-electron chi connectivity index (χ1n) is 5.84. The summed E-state index contributed by atoms with van der Waals surface area (Å²) in [4.78, 5) is 24.3. The molecule has 6 heteroatoms. The van der Waals surface area contributed by atoms with Crippen molar-refractivity contribution in [3.05, 3.63) is 34.1 Å². The standard InChI is InChI=1S/C13H15BrFNO3/c1-3-16(7-8(2)13(18)19)12(17)9-4-5-10(14)11(15)6-9/h4-6,8H,3,7H2,1-2H3,(H,18,19). The Kier molecular flexibility index (Phi) is 5.47. The lowest BCUT2D eigenvalue weighted by Crippen LogP contribution is -2.36. The molecule has 0 aliphatic rings. The summed E-state index contributed by atoms with van der Waals surface area (Å²) in [6, 6.07) is 4.10. The van der Waals surface area contributed by atoms with Crippen molar-refractivity contribution in [2.24, 2.45) is 5.92 Å². The third kappa shape index (κ3) is 4.02. The van der Waals surface area contributed by atoms with Gasteiger partial charge in [-0.15, -0.1) is 0 Å². The van der Waals surface area contributed by atoms with Crippen molar-refractivity contribution in [2.45, 2.75) is 13.8 Å². The van der Waals surface area contributed by atoms with E-state index >= 15 is 0 Å². The number of halogens is 2. The van der Waals surface area contributed by atoms with Gasteiger partial charge in [-0.3, -0.25) is 9.59 Å². The molecule has 1 atom stereocenters. The summed E-state index contributed by atoms with van der Waals surface area (Å²) in [5.41, 5.74) is 0.208. The maximum absolute atomic E-state index is 13.4. The maximum Gasteiger partial charge on any atom is 0.308 e. The molecule has 1 rings (SSSR count). The van der Waals surface area contributed by atoms with Crippen LogP contribution in [-0.2, 0) is 4.79 Å². The van der Waals surface area contributed by atoms with Crippen molar-refractivity contribution in [1.82, 2.24) is 4.90 Å². The molecular formula is C13H15BrFNO3. The van der Waals surface area contributed by atoms with E-state index < -0.39 is 17.7 Å². The molecule has 1 unspecified atom stereocenters. The Morgan fingerprint density at radius 1 is 1.47 bits per heavy atom. The van der Waals surface area contributed by atoms with Gasteiger partial charge >= 0.3 is 5.97 Å². The second-order valence-electron chi connectivity index (χ2n) is 4.21. The Morgan fingerprint density at radius 3 is 2.58 bits per heavy atom. The van der Waals surface area contributed by atoms with Gasteiger partial charge in [-0.1, -0.05) is 6.92 Å². The number of hydrogen-bond acceptors (Lipinski definition) is 2. The van der Waals surface area contributed by atoms with Gasteiger partial charge in [0.2, 0.25) is 0 Å². The summed E-state index contributed by atoms with van der Waals surface area (Å²) >= 11 is 3.01. The third-order valence-corrected chi connectivity index (χ3v) is 3.39. The zero-order valence-electron chi connectivity index (χ0n) is 10.7. The molecule has 1 amide bonds. The van der Waals surface area contributed by atoms with Crippen molar-refractivity contribution in [2.75, 3.05) is 13.1 Å². The van der Waals surface area contributed by atoms with Gasteiger partial charge in [0.15, 0.2) is 0 Å². The molecule has 1 N–H and O–H groups in total. The highest BCUT2D eigenvalue weighted by molar-refractivity contribution is 9.10. The first-order valence-corrected chi connectivity index (χ1v) is 6.63. The number of carboxylic acids is 1.